The lowest BCUT2D eigenvalue weighted by Crippen LogP contribution is -2.37. The smallest absolute Gasteiger partial charge is 0.334 e. The maximum atomic E-state index is 12.3. The molecule has 2 heterocycles. The Labute approximate surface area is 167 Å². The van der Waals surface area contributed by atoms with E-state index < -0.39 is 18.2 Å². The minimum absolute atomic E-state index is 0.0645. The predicted octanol–water partition coefficient (Wildman–Crippen LogP) is 4.42. The molecule has 0 bridgehead atoms. The molecule has 5 unspecified atom stereocenters. The largest absolute Gasteiger partial charge is 0.454 e. The van der Waals surface area contributed by atoms with Gasteiger partial charge >= 0.3 is 11.9 Å². The molecule has 2 aliphatic heterocycles. The minimum Gasteiger partial charge on any atom is -0.454 e. The molecule has 2 saturated heterocycles. The van der Waals surface area contributed by atoms with Gasteiger partial charge in [-0.1, -0.05) is 31.2 Å². The second-order valence-corrected chi connectivity index (χ2v) is 8.50. The van der Waals surface area contributed by atoms with Crippen LogP contribution in [-0.2, 0) is 23.8 Å². The summed E-state index contributed by atoms with van der Waals surface area (Å²) in [6.45, 7) is 12.0. The molecular formula is C23H32O5. The summed E-state index contributed by atoms with van der Waals surface area (Å²) in [5, 5.41) is 0. The number of allylic oxidation sites excluding steroid dienone is 3. The summed E-state index contributed by atoms with van der Waals surface area (Å²) in [7, 11) is 0. The summed E-state index contributed by atoms with van der Waals surface area (Å²) in [5.41, 5.74) is 2.56. The van der Waals surface area contributed by atoms with Crippen molar-refractivity contribution in [1.29, 1.82) is 0 Å². The third-order valence-electron chi connectivity index (χ3n) is 6.29. The van der Waals surface area contributed by atoms with E-state index in [1.165, 1.54) is 5.57 Å². The van der Waals surface area contributed by atoms with Gasteiger partial charge in [-0.3, -0.25) is 4.79 Å². The minimum atomic E-state index is -0.585. The van der Waals surface area contributed by atoms with Gasteiger partial charge in [-0.25, -0.2) is 4.79 Å². The van der Waals surface area contributed by atoms with Crippen molar-refractivity contribution in [3.8, 4) is 0 Å². The van der Waals surface area contributed by atoms with Gasteiger partial charge in [0.15, 0.2) is 6.10 Å². The maximum Gasteiger partial charge on any atom is 0.334 e. The average Bonchev–Trinajstić information content (AvgIpc) is 3.20. The molecule has 0 amide bonds. The lowest BCUT2D eigenvalue weighted by atomic mass is 9.84. The molecule has 154 valence electrons. The van der Waals surface area contributed by atoms with Gasteiger partial charge in [-0.15, -0.1) is 0 Å². The van der Waals surface area contributed by atoms with Crippen LogP contribution in [0, 0.1) is 5.92 Å². The van der Waals surface area contributed by atoms with Crippen LogP contribution in [0.25, 0.3) is 0 Å². The van der Waals surface area contributed by atoms with E-state index in [1.54, 1.807) is 6.92 Å². The van der Waals surface area contributed by atoms with Crippen LogP contribution in [0.2, 0.25) is 0 Å². The van der Waals surface area contributed by atoms with Gasteiger partial charge in [-0.2, -0.15) is 0 Å². The fourth-order valence-electron chi connectivity index (χ4n) is 4.21. The van der Waals surface area contributed by atoms with Gasteiger partial charge in [0.05, 0.1) is 11.7 Å². The zero-order valence-electron chi connectivity index (χ0n) is 17.5. The number of esters is 2. The second-order valence-electron chi connectivity index (χ2n) is 8.50. The molecular weight excluding hydrogens is 356 g/mol. The molecule has 5 nitrogen and oxygen atoms in total. The number of ether oxygens (including phenoxy) is 3. The van der Waals surface area contributed by atoms with E-state index in [0.29, 0.717) is 12.0 Å². The third-order valence-corrected chi connectivity index (χ3v) is 6.29. The Bertz CT molecular complexity index is 719. The van der Waals surface area contributed by atoms with Crippen LogP contribution in [0.15, 0.2) is 35.5 Å². The molecule has 3 aliphatic rings. The Kier molecular flexibility index (Phi) is 6.13. The molecule has 0 aromatic rings. The SMILES string of the molecule is C=C1C(=O)OC2C1CC1OC1(C)CCC=C(C)CCC=C(C)C2OC(=O)CC. The standard InChI is InChI=1S/C23H32O5/c1-6-19(24)26-20-15(3)11-7-9-14(2)10-8-12-23(5)18(28-23)13-17-16(4)22(25)27-21(17)20/h10-11,17-18,20-21H,4,6-9,12-13H2,1-3,5H3. The Morgan fingerprint density at radius 1 is 1.32 bits per heavy atom. The lowest BCUT2D eigenvalue weighted by molar-refractivity contribution is -0.159. The van der Waals surface area contributed by atoms with Crippen LogP contribution < -0.4 is 0 Å². The van der Waals surface area contributed by atoms with Crippen molar-refractivity contribution >= 4 is 11.9 Å². The molecule has 2 fully saturated rings. The maximum absolute atomic E-state index is 12.3. The fraction of sp³-hybridized carbons (Fsp3) is 0.652. The van der Waals surface area contributed by atoms with Crippen molar-refractivity contribution in [2.75, 3.05) is 0 Å². The third kappa shape index (κ3) is 4.40. The summed E-state index contributed by atoms with van der Waals surface area (Å²) < 4.78 is 17.4. The molecule has 0 spiro atoms. The molecule has 3 rings (SSSR count). The summed E-state index contributed by atoms with van der Waals surface area (Å²) in [4.78, 5) is 24.4. The van der Waals surface area contributed by atoms with Crippen molar-refractivity contribution in [3.63, 3.8) is 0 Å². The molecule has 1 aliphatic carbocycles. The van der Waals surface area contributed by atoms with Crippen LogP contribution in [0.5, 0.6) is 0 Å². The molecule has 5 heteroatoms. The van der Waals surface area contributed by atoms with Crippen molar-refractivity contribution in [1.82, 2.24) is 0 Å². The van der Waals surface area contributed by atoms with E-state index >= 15 is 0 Å². The molecule has 0 radical (unpaired) electrons. The van der Waals surface area contributed by atoms with Gasteiger partial charge in [0.2, 0.25) is 0 Å². The van der Waals surface area contributed by atoms with Crippen LogP contribution in [0.3, 0.4) is 0 Å². The number of rotatable bonds is 2. The Morgan fingerprint density at radius 2 is 2.07 bits per heavy atom. The highest BCUT2D eigenvalue weighted by Gasteiger charge is 2.56. The van der Waals surface area contributed by atoms with Gasteiger partial charge in [0, 0.05) is 17.9 Å². The van der Waals surface area contributed by atoms with E-state index in [9.17, 15) is 9.59 Å². The topological polar surface area (TPSA) is 65.1 Å². The van der Waals surface area contributed by atoms with Crippen molar-refractivity contribution in [3.05, 3.63) is 35.5 Å². The number of carbonyl (C=O) groups excluding carboxylic acids is 2. The lowest BCUT2D eigenvalue weighted by Gasteiger charge is -2.28. The fourth-order valence-corrected chi connectivity index (χ4v) is 4.21. The van der Waals surface area contributed by atoms with Gasteiger partial charge in [0.25, 0.3) is 0 Å². The number of fused-ring (bicyclic) bond motifs is 2. The van der Waals surface area contributed by atoms with E-state index in [-0.39, 0.29) is 30.0 Å². The van der Waals surface area contributed by atoms with Gasteiger partial charge in [-0.05, 0) is 58.4 Å². The van der Waals surface area contributed by atoms with Crippen molar-refractivity contribution in [2.24, 2.45) is 5.92 Å². The first-order chi connectivity index (χ1) is 13.2. The number of hydrogen-bond acceptors (Lipinski definition) is 5. The van der Waals surface area contributed by atoms with E-state index in [1.807, 2.05) is 6.92 Å². The van der Waals surface area contributed by atoms with Crippen LogP contribution in [0.4, 0.5) is 0 Å². The summed E-state index contributed by atoms with van der Waals surface area (Å²) in [6, 6.07) is 0. The van der Waals surface area contributed by atoms with Crippen LogP contribution in [0.1, 0.15) is 66.2 Å². The summed E-state index contributed by atoms with van der Waals surface area (Å²) in [6.07, 6.45) is 8.01. The highest BCUT2D eigenvalue weighted by molar-refractivity contribution is 5.91. The average molecular weight is 389 g/mol. The second kappa shape index (κ2) is 8.24. The quantitative estimate of drug-likeness (QED) is 0.303. The first-order valence-electron chi connectivity index (χ1n) is 10.3. The molecule has 5 atom stereocenters. The number of epoxide rings is 1. The Hall–Kier alpha value is -1.88. The van der Waals surface area contributed by atoms with Crippen molar-refractivity contribution in [2.45, 2.75) is 90.1 Å². The molecule has 0 aromatic carbocycles. The van der Waals surface area contributed by atoms with Crippen molar-refractivity contribution < 1.29 is 23.8 Å². The zero-order valence-corrected chi connectivity index (χ0v) is 17.5. The van der Waals surface area contributed by atoms with E-state index in [0.717, 1.165) is 31.3 Å². The normalized spacial score (nSPS) is 36.3. The van der Waals surface area contributed by atoms with Gasteiger partial charge in [0.1, 0.15) is 6.10 Å². The summed E-state index contributed by atoms with van der Waals surface area (Å²) in [5.74, 6) is -0.906. The van der Waals surface area contributed by atoms with E-state index in [2.05, 4.69) is 32.6 Å². The molecule has 0 N–H and O–H groups in total. The highest BCUT2D eigenvalue weighted by Crippen LogP contribution is 2.47. The zero-order chi connectivity index (χ0) is 20.5. The first kappa shape index (κ1) is 20.8. The first-order valence-corrected chi connectivity index (χ1v) is 10.3. The van der Waals surface area contributed by atoms with Crippen LogP contribution >= 0.6 is 0 Å². The van der Waals surface area contributed by atoms with Gasteiger partial charge < -0.3 is 14.2 Å². The number of carbonyl (C=O) groups is 2. The molecule has 0 aromatic heterocycles. The predicted molar refractivity (Wildman–Crippen MR) is 107 cm³/mol. The molecule has 0 saturated carbocycles. The molecule has 28 heavy (non-hydrogen) atoms. The van der Waals surface area contributed by atoms with E-state index in [4.69, 9.17) is 14.2 Å². The summed E-state index contributed by atoms with van der Waals surface area (Å²) >= 11 is 0. The van der Waals surface area contributed by atoms with Crippen LogP contribution in [-0.4, -0.2) is 35.9 Å². The Balaban J connectivity index is 1.92. The monoisotopic (exact) mass is 388 g/mol. The highest BCUT2D eigenvalue weighted by atomic mass is 16.6. The number of hydrogen-bond donors (Lipinski definition) is 0. The Morgan fingerprint density at radius 3 is 2.79 bits per heavy atom.